The molecule has 4 nitrogen and oxygen atoms in total. The molecule has 1 rings (SSSR count). The van der Waals surface area contributed by atoms with Crippen LogP contribution >= 0.6 is 0 Å². The quantitative estimate of drug-likeness (QED) is 0.733. The Morgan fingerprint density at radius 3 is 2.58 bits per heavy atom. The molecule has 0 aliphatic heterocycles. The summed E-state index contributed by atoms with van der Waals surface area (Å²) in [4.78, 5) is 22.4. The first-order chi connectivity index (χ1) is 9.08. The summed E-state index contributed by atoms with van der Waals surface area (Å²) in [6.45, 7) is 2.07. The molecule has 0 fully saturated rings. The first-order valence-corrected chi connectivity index (χ1v) is 6.50. The maximum absolute atomic E-state index is 11.9. The normalized spacial score (nSPS) is 10.2. The third-order valence-corrected chi connectivity index (χ3v) is 2.92. The maximum atomic E-state index is 11.9. The zero-order valence-electron chi connectivity index (χ0n) is 11.4. The second kappa shape index (κ2) is 7.56. The lowest BCUT2D eigenvalue weighted by Gasteiger charge is -2.09. The van der Waals surface area contributed by atoms with Gasteiger partial charge in [-0.1, -0.05) is 13.3 Å². The van der Waals surface area contributed by atoms with Crippen LogP contribution in [-0.2, 0) is 11.2 Å². The number of carbonyl (C=O) groups is 2. The number of aryl methyl sites for hydroxylation is 1. The Hall–Kier alpha value is -1.84. The number of carbonyl (C=O) groups excluding carboxylic acids is 1. The molecular weight excluding hydrogens is 244 g/mol. The summed E-state index contributed by atoms with van der Waals surface area (Å²) >= 11 is 0. The van der Waals surface area contributed by atoms with Crippen molar-refractivity contribution in [2.45, 2.75) is 39.0 Å². The molecule has 0 aromatic heterocycles. The highest BCUT2D eigenvalue weighted by Crippen LogP contribution is 2.22. The van der Waals surface area contributed by atoms with Gasteiger partial charge in [0.1, 0.15) is 5.75 Å². The fraction of sp³-hybridized carbons (Fsp3) is 0.467. The van der Waals surface area contributed by atoms with E-state index in [0.717, 1.165) is 24.2 Å². The largest absolute Gasteiger partial charge is 0.496 e. The van der Waals surface area contributed by atoms with Crippen molar-refractivity contribution in [2.75, 3.05) is 7.11 Å². The second-order valence-corrected chi connectivity index (χ2v) is 4.45. The van der Waals surface area contributed by atoms with E-state index in [1.807, 2.05) is 6.07 Å². The van der Waals surface area contributed by atoms with Crippen LogP contribution < -0.4 is 4.74 Å². The van der Waals surface area contributed by atoms with Crippen LogP contribution in [0, 0.1) is 0 Å². The van der Waals surface area contributed by atoms with Gasteiger partial charge in [0.15, 0.2) is 5.78 Å². The Balaban J connectivity index is 2.74. The summed E-state index contributed by atoms with van der Waals surface area (Å²) in [5, 5.41) is 8.55. The Morgan fingerprint density at radius 2 is 2.00 bits per heavy atom. The molecule has 0 unspecified atom stereocenters. The summed E-state index contributed by atoms with van der Waals surface area (Å²) in [7, 11) is 1.61. The Labute approximate surface area is 113 Å². The van der Waals surface area contributed by atoms with Crippen LogP contribution in [0.4, 0.5) is 0 Å². The number of aliphatic carboxylic acids is 1. The SMILES string of the molecule is CCCc1cc(C(=O)CCCC(=O)O)ccc1OC. The lowest BCUT2D eigenvalue weighted by atomic mass is 10.0. The minimum atomic E-state index is -0.866. The number of hydrogen-bond donors (Lipinski definition) is 1. The molecule has 0 aliphatic carbocycles. The van der Waals surface area contributed by atoms with Crippen molar-refractivity contribution in [2.24, 2.45) is 0 Å². The maximum Gasteiger partial charge on any atom is 0.303 e. The van der Waals surface area contributed by atoms with Gasteiger partial charge in [-0.25, -0.2) is 0 Å². The number of benzene rings is 1. The summed E-state index contributed by atoms with van der Waals surface area (Å²) in [5.74, 6) is -0.0839. The van der Waals surface area contributed by atoms with E-state index in [1.54, 1.807) is 19.2 Å². The molecule has 0 bridgehead atoms. The lowest BCUT2D eigenvalue weighted by Crippen LogP contribution is -2.03. The van der Waals surface area contributed by atoms with Gasteiger partial charge in [0, 0.05) is 18.4 Å². The van der Waals surface area contributed by atoms with E-state index in [1.165, 1.54) is 0 Å². The Bertz CT molecular complexity index is 451. The van der Waals surface area contributed by atoms with Crippen LogP contribution in [0.25, 0.3) is 0 Å². The molecule has 1 aromatic carbocycles. The molecule has 1 aromatic rings. The van der Waals surface area contributed by atoms with E-state index in [9.17, 15) is 9.59 Å². The van der Waals surface area contributed by atoms with Gasteiger partial charge >= 0.3 is 5.97 Å². The minimum absolute atomic E-state index is 0.0127. The number of hydrogen-bond acceptors (Lipinski definition) is 3. The van der Waals surface area contributed by atoms with Gasteiger partial charge in [-0.05, 0) is 36.6 Å². The van der Waals surface area contributed by atoms with Gasteiger partial charge in [-0.3, -0.25) is 9.59 Å². The number of Topliss-reactive ketones (excluding diaryl/α,β-unsaturated/α-hetero) is 1. The molecule has 0 saturated carbocycles. The third kappa shape index (κ3) is 4.73. The van der Waals surface area contributed by atoms with E-state index in [-0.39, 0.29) is 18.6 Å². The van der Waals surface area contributed by atoms with E-state index >= 15 is 0 Å². The summed E-state index contributed by atoms with van der Waals surface area (Å²) in [5.41, 5.74) is 1.66. The number of carboxylic acid groups (broad SMARTS) is 1. The van der Waals surface area contributed by atoms with E-state index in [0.29, 0.717) is 12.0 Å². The number of rotatable bonds is 8. The predicted molar refractivity (Wildman–Crippen MR) is 72.8 cm³/mol. The van der Waals surface area contributed by atoms with Gasteiger partial charge in [0.25, 0.3) is 0 Å². The number of methoxy groups -OCH3 is 1. The summed E-state index contributed by atoms with van der Waals surface area (Å²) in [6, 6.07) is 5.39. The number of carboxylic acids is 1. The van der Waals surface area contributed by atoms with E-state index < -0.39 is 5.97 Å². The molecule has 0 saturated heterocycles. The topological polar surface area (TPSA) is 63.6 Å². The van der Waals surface area contributed by atoms with Gasteiger partial charge in [-0.2, -0.15) is 0 Å². The van der Waals surface area contributed by atoms with Gasteiger partial charge in [-0.15, -0.1) is 0 Å². The van der Waals surface area contributed by atoms with Crippen molar-refractivity contribution in [3.63, 3.8) is 0 Å². The van der Waals surface area contributed by atoms with Gasteiger partial charge in [0.05, 0.1) is 7.11 Å². The molecule has 0 atom stereocenters. The highest BCUT2D eigenvalue weighted by molar-refractivity contribution is 5.96. The molecule has 1 N–H and O–H groups in total. The van der Waals surface area contributed by atoms with E-state index in [2.05, 4.69) is 6.92 Å². The average Bonchev–Trinajstić information content (AvgIpc) is 2.38. The lowest BCUT2D eigenvalue weighted by molar-refractivity contribution is -0.137. The van der Waals surface area contributed by atoms with Crippen molar-refractivity contribution in [1.29, 1.82) is 0 Å². The molecule has 19 heavy (non-hydrogen) atoms. The van der Waals surface area contributed by atoms with Crippen molar-refractivity contribution in [3.8, 4) is 5.75 Å². The average molecular weight is 264 g/mol. The molecular formula is C15H20O4. The highest BCUT2D eigenvalue weighted by atomic mass is 16.5. The first kappa shape index (κ1) is 15.2. The predicted octanol–water partition coefficient (Wildman–Crippen LogP) is 3.09. The van der Waals surface area contributed by atoms with Crippen LogP contribution in [0.5, 0.6) is 5.75 Å². The van der Waals surface area contributed by atoms with Crippen molar-refractivity contribution < 1.29 is 19.4 Å². The smallest absolute Gasteiger partial charge is 0.303 e. The molecule has 0 amide bonds. The number of ether oxygens (including phenoxy) is 1. The standard InChI is InChI=1S/C15H20O4/c1-3-5-12-10-11(8-9-14(12)19-2)13(16)6-4-7-15(17)18/h8-10H,3-7H2,1-2H3,(H,17,18). The molecule has 104 valence electrons. The molecule has 0 aliphatic rings. The Morgan fingerprint density at radius 1 is 1.26 bits per heavy atom. The zero-order chi connectivity index (χ0) is 14.3. The fourth-order valence-electron chi connectivity index (χ4n) is 1.96. The monoisotopic (exact) mass is 264 g/mol. The molecule has 4 heteroatoms. The molecule has 0 radical (unpaired) electrons. The first-order valence-electron chi connectivity index (χ1n) is 6.50. The fourth-order valence-corrected chi connectivity index (χ4v) is 1.96. The van der Waals surface area contributed by atoms with Crippen LogP contribution in [0.3, 0.4) is 0 Å². The molecule has 0 spiro atoms. The highest BCUT2D eigenvalue weighted by Gasteiger charge is 2.10. The Kier molecular flexibility index (Phi) is 6.06. The van der Waals surface area contributed by atoms with Gasteiger partial charge in [0.2, 0.25) is 0 Å². The van der Waals surface area contributed by atoms with Gasteiger partial charge < -0.3 is 9.84 Å². The minimum Gasteiger partial charge on any atom is -0.496 e. The zero-order valence-corrected chi connectivity index (χ0v) is 11.4. The summed E-state index contributed by atoms with van der Waals surface area (Å²) in [6.07, 6.45) is 2.52. The third-order valence-electron chi connectivity index (χ3n) is 2.92. The van der Waals surface area contributed by atoms with Crippen LogP contribution in [0.1, 0.15) is 48.5 Å². The van der Waals surface area contributed by atoms with Crippen LogP contribution in [0.15, 0.2) is 18.2 Å². The van der Waals surface area contributed by atoms with Crippen LogP contribution in [-0.4, -0.2) is 24.0 Å². The number of ketones is 1. The van der Waals surface area contributed by atoms with E-state index in [4.69, 9.17) is 9.84 Å². The van der Waals surface area contributed by atoms with Crippen LogP contribution in [0.2, 0.25) is 0 Å². The van der Waals surface area contributed by atoms with Crippen molar-refractivity contribution >= 4 is 11.8 Å². The molecule has 0 heterocycles. The van der Waals surface area contributed by atoms with Crippen molar-refractivity contribution in [1.82, 2.24) is 0 Å². The summed E-state index contributed by atoms with van der Waals surface area (Å²) < 4.78 is 5.26. The van der Waals surface area contributed by atoms with Crippen molar-refractivity contribution in [3.05, 3.63) is 29.3 Å². The second-order valence-electron chi connectivity index (χ2n) is 4.45.